The van der Waals surface area contributed by atoms with Gasteiger partial charge in [-0.3, -0.25) is 4.79 Å². The van der Waals surface area contributed by atoms with E-state index in [1.54, 1.807) is 11.4 Å². The highest BCUT2D eigenvalue weighted by Gasteiger charge is 2.32. The van der Waals surface area contributed by atoms with E-state index in [4.69, 9.17) is 5.11 Å². The molecule has 1 amide bonds. The summed E-state index contributed by atoms with van der Waals surface area (Å²) < 4.78 is 0. The summed E-state index contributed by atoms with van der Waals surface area (Å²) in [5.41, 5.74) is 0.596. The van der Waals surface area contributed by atoms with Crippen LogP contribution in [0.5, 0.6) is 0 Å². The SMILES string of the molecule is CC1CC1CNC(=O)c1csc(/C=C/C(=O)O)c1. The summed E-state index contributed by atoms with van der Waals surface area (Å²) in [6.07, 6.45) is 3.75. The van der Waals surface area contributed by atoms with E-state index in [1.165, 1.54) is 23.8 Å². The molecule has 96 valence electrons. The molecule has 1 saturated carbocycles. The molecule has 0 aliphatic heterocycles. The second-order valence-corrected chi connectivity index (χ2v) is 5.54. The molecule has 2 rings (SSSR count). The Balaban J connectivity index is 1.88. The second-order valence-electron chi connectivity index (χ2n) is 4.59. The minimum Gasteiger partial charge on any atom is -0.478 e. The van der Waals surface area contributed by atoms with Gasteiger partial charge in [0.1, 0.15) is 0 Å². The zero-order valence-electron chi connectivity index (χ0n) is 10.1. The lowest BCUT2D eigenvalue weighted by Crippen LogP contribution is -2.25. The number of carbonyl (C=O) groups is 2. The molecule has 0 saturated heterocycles. The fourth-order valence-electron chi connectivity index (χ4n) is 1.72. The summed E-state index contributed by atoms with van der Waals surface area (Å²) in [6.45, 7) is 2.91. The molecule has 1 aliphatic rings. The van der Waals surface area contributed by atoms with Gasteiger partial charge in [0.05, 0.1) is 5.56 Å². The lowest BCUT2D eigenvalue weighted by Gasteiger charge is -2.01. The van der Waals surface area contributed by atoms with Crippen molar-refractivity contribution in [3.05, 3.63) is 28.0 Å². The number of hydrogen-bond acceptors (Lipinski definition) is 3. The van der Waals surface area contributed by atoms with Crippen molar-refractivity contribution in [2.24, 2.45) is 11.8 Å². The van der Waals surface area contributed by atoms with E-state index in [0.29, 0.717) is 11.5 Å². The number of aliphatic carboxylic acids is 1. The van der Waals surface area contributed by atoms with Gasteiger partial charge in [0.15, 0.2) is 0 Å². The first-order valence-corrected chi connectivity index (χ1v) is 6.72. The number of carboxylic acids is 1. The molecule has 1 aromatic heterocycles. The Hall–Kier alpha value is -1.62. The molecule has 2 unspecified atom stereocenters. The van der Waals surface area contributed by atoms with Crippen molar-refractivity contribution in [2.45, 2.75) is 13.3 Å². The summed E-state index contributed by atoms with van der Waals surface area (Å²) in [5, 5.41) is 13.1. The Morgan fingerprint density at radius 1 is 1.61 bits per heavy atom. The molecule has 1 aliphatic carbocycles. The number of rotatable bonds is 5. The molecule has 4 nitrogen and oxygen atoms in total. The van der Waals surface area contributed by atoms with Gasteiger partial charge in [0.2, 0.25) is 0 Å². The van der Waals surface area contributed by atoms with Crippen molar-refractivity contribution in [1.29, 1.82) is 0 Å². The Labute approximate surface area is 109 Å². The number of thiophene rings is 1. The van der Waals surface area contributed by atoms with E-state index in [0.717, 1.165) is 23.4 Å². The Bertz CT molecular complexity index is 492. The van der Waals surface area contributed by atoms with Crippen LogP contribution in [-0.2, 0) is 4.79 Å². The van der Waals surface area contributed by atoms with E-state index in [9.17, 15) is 9.59 Å². The predicted octanol–water partition coefficient (Wildman–Crippen LogP) is 2.23. The minimum absolute atomic E-state index is 0.0830. The summed E-state index contributed by atoms with van der Waals surface area (Å²) in [7, 11) is 0. The van der Waals surface area contributed by atoms with Gasteiger partial charge < -0.3 is 10.4 Å². The zero-order chi connectivity index (χ0) is 13.1. The van der Waals surface area contributed by atoms with Gasteiger partial charge in [-0.2, -0.15) is 0 Å². The van der Waals surface area contributed by atoms with E-state index in [2.05, 4.69) is 12.2 Å². The molecule has 18 heavy (non-hydrogen) atoms. The molecule has 1 aromatic rings. The molecular weight excluding hydrogens is 250 g/mol. The van der Waals surface area contributed by atoms with Gasteiger partial charge in [-0.15, -0.1) is 11.3 Å². The van der Waals surface area contributed by atoms with Crippen LogP contribution in [0.2, 0.25) is 0 Å². The average Bonchev–Trinajstić information content (AvgIpc) is 2.84. The van der Waals surface area contributed by atoms with Gasteiger partial charge in [0.25, 0.3) is 5.91 Å². The van der Waals surface area contributed by atoms with Gasteiger partial charge in [-0.25, -0.2) is 4.79 Å². The second kappa shape index (κ2) is 5.35. The fraction of sp³-hybridized carbons (Fsp3) is 0.385. The average molecular weight is 265 g/mol. The van der Waals surface area contributed by atoms with Crippen LogP contribution in [0.25, 0.3) is 6.08 Å². The summed E-state index contributed by atoms with van der Waals surface area (Å²) in [6, 6.07) is 1.70. The van der Waals surface area contributed by atoms with Gasteiger partial charge in [0, 0.05) is 22.9 Å². The van der Waals surface area contributed by atoms with Crippen LogP contribution in [0.3, 0.4) is 0 Å². The molecular formula is C13H15NO3S. The molecule has 0 bridgehead atoms. The highest BCUT2D eigenvalue weighted by atomic mass is 32.1. The minimum atomic E-state index is -0.989. The third kappa shape index (κ3) is 3.43. The highest BCUT2D eigenvalue weighted by molar-refractivity contribution is 7.11. The van der Waals surface area contributed by atoms with E-state index in [1.807, 2.05) is 0 Å². The quantitative estimate of drug-likeness (QED) is 0.802. The Morgan fingerprint density at radius 3 is 2.94 bits per heavy atom. The van der Waals surface area contributed by atoms with Crippen LogP contribution in [0.1, 0.15) is 28.6 Å². The molecule has 1 heterocycles. The first-order chi connectivity index (χ1) is 8.56. The molecule has 0 aromatic carbocycles. The van der Waals surface area contributed by atoms with Crippen molar-refractivity contribution in [3.63, 3.8) is 0 Å². The standard InChI is InChI=1S/C13H15NO3S/c1-8-4-9(8)6-14-13(17)10-5-11(18-7-10)2-3-12(15)16/h2-3,5,7-9H,4,6H2,1H3,(H,14,17)(H,15,16)/b3-2+. The first-order valence-electron chi connectivity index (χ1n) is 5.84. The van der Waals surface area contributed by atoms with Crippen molar-refractivity contribution < 1.29 is 14.7 Å². The monoisotopic (exact) mass is 265 g/mol. The summed E-state index contributed by atoms with van der Waals surface area (Å²) in [4.78, 5) is 22.9. The topological polar surface area (TPSA) is 66.4 Å². The maximum atomic E-state index is 11.8. The van der Waals surface area contributed by atoms with E-state index < -0.39 is 5.97 Å². The smallest absolute Gasteiger partial charge is 0.328 e. The van der Waals surface area contributed by atoms with Gasteiger partial charge in [-0.1, -0.05) is 6.92 Å². The van der Waals surface area contributed by atoms with Gasteiger partial charge in [-0.05, 0) is 30.4 Å². The van der Waals surface area contributed by atoms with E-state index >= 15 is 0 Å². The molecule has 5 heteroatoms. The van der Waals surface area contributed by atoms with Crippen molar-refractivity contribution in [2.75, 3.05) is 6.54 Å². The van der Waals surface area contributed by atoms with Crippen LogP contribution < -0.4 is 5.32 Å². The number of nitrogens with one attached hydrogen (secondary N) is 1. The highest BCUT2D eigenvalue weighted by Crippen LogP contribution is 2.36. The van der Waals surface area contributed by atoms with Crippen LogP contribution in [0, 0.1) is 11.8 Å². The zero-order valence-corrected chi connectivity index (χ0v) is 10.9. The third-order valence-electron chi connectivity index (χ3n) is 3.07. The lowest BCUT2D eigenvalue weighted by atomic mass is 10.2. The predicted molar refractivity (Wildman–Crippen MR) is 70.6 cm³/mol. The van der Waals surface area contributed by atoms with Crippen LogP contribution in [-0.4, -0.2) is 23.5 Å². The maximum absolute atomic E-state index is 11.8. The van der Waals surface area contributed by atoms with Crippen molar-refractivity contribution >= 4 is 29.3 Å². The molecule has 2 N–H and O–H groups in total. The molecule has 1 fully saturated rings. The lowest BCUT2D eigenvalue weighted by molar-refractivity contribution is -0.131. The number of amides is 1. The van der Waals surface area contributed by atoms with Crippen LogP contribution >= 0.6 is 11.3 Å². The van der Waals surface area contributed by atoms with Gasteiger partial charge >= 0.3 is 5.97 Å². The molecule has 0 radical (unpaired) electrons. The Morgan fingerprint density at radius 2 is 2.33 bits per heavy atom. The normalized spacial score (nSPS) is 22.1. The molecule has 0 spiro atoms. The van der Waals surface area contributed by atoms with Crippen molar-refractivity contribution in [3.8, 4) is 0 Å². The number of hydrogen-bond donors (Lipinski definition) is 2. The third-order valence-corrected chi connectivity index (χ3v) is 3.97. The summed E-state index contributed by atoms with van der Waals surface area (Å²) in [5.74, 6) is 0.276. The van der Waals surface area contributed by atoms with Crippen molar-refractivity contribution in [1.82, 2.24) is 5.32 Å². The number of carbonyl (C=O) groups excluding carboxylic acids is 1. The summed E-state index contributed by atoms with van der Waals surface area (Å²) >= 11 is 1.36. The fourth-order valence-corrected chi connectivity index (χ4v) is 2.50. The first kappa shape index (κ1) is 12.8. The Kier molecular flexibility index (Phi) is 3.81. The van der Waals surface area contributed by atoms with Crippen LogP contribution in [0.4, 0.5) is 0 Å². The molecule has 2 atom stereocenters. The number of carboxylic acid groups (broad SMARTS) is 1. The maximum Gasteiger partial charge on any atom is 0.328 e. The largest absolute Gasteiger partial charge is 0.478 e. The van der Waals surface area contributed by atoms with E-state index in [-0.39, 0.29) is 5.91 Å². The van der Waals surface area contributed by atoms with Crippen LogP contribution in [0.15, 0.2) is 17.5 Å².